The van der Waals surface area contributed by atoms with E-state index in [1.54, 1.807) is 0 Å². The molecule has 226 valence electrons. The van der Waals surface area contributed by atoms with Crippen LogP contribution in [0.4, 0.5) is 17.1 Å². The first-order valence-electron chi connectivity index (χ1n) is 29.3. The normalized spacial score (nSPS) is 20.5. The Morgan fingerprint density at radius 2 is 0.854 bits per heavy atom. The summed E-state index contributed by atoms with van der Waals surface area (Å²) in [6.45, 7) is 0. The summed E-state index contributed by atoms with van der Waals surface area (Å²) in [7, 11) is 0. The molecular weight excluding hydrogens is 583 g/mol. The maximum atomic E-state index is 10.0. The van der Waals surface area contributed by atoms with Gasteiger partial charge in [0.05, 0.1) is 42.5 Å². The number of fused-ring (bicyclic) bond motifs is 7. The van der Waals surface area contributed by atoms with Gasteiger partial charge in [0.1, 0.15) is 11.5 Å². The molecule has 0 aromatic heterocycles. The van der Waals surface area contributed by atoms with E-state index < -0.39 is 271 Å². The minimum absolute atomic E-state index is 0.283. The maximum Gasteiger partial charge on any atom is 0.143 e. The summed E-state index contributed by atoms with van der Waals surface area (Å²) in [5, 5.41) is -1.36. The molecule has 0 unspecified atom stereocenters. The van der Waals surface area contributed by atoms with Gasteiger partial charge in [0, 0.05) is 39.6 Å². The van der Waals surface area contributed by atoms with Crippen molar-refractivity contribution >= 4 is 27.8 Å². The van der Waals surface area contributed by atoms with Crippen molar-refractivity contribution in [2.75, 3.05) is 4.90 Å². The SMILES string of the molecule is [2H]c1c([2H])c([2H])c(-c2c([2H])c([2H])c(N(c3c([2H])c([2H])c(-c4c([2H])c([2H])c([2H])c([2H])c4[2H])c([2H])c3[2H])c3c([2H])c([2H])c4c(c3[2H])Oc3c(c([2H])c([2H])c5c([2H])c([2H])c([2H])c([2H])c35)-c3c([2H])c([2H])c([2H])c([2H])c3-4)c([2H])c2[2H])c([2H])c1[2H]. The summed E-state index contributed by atoms with van der Waals surface area (Å²) in [4.78, 5) is 0.283. The fraction of sp³-hybridized carbons (Fsp3) is 0. The van der Waals surface area contributed by atoms with Crippen LogP contribution in [-0.2, 0) is 0 Å². The van der Waals surface area contributed by atoms with Crippen LogP contribution in [0.5, 0.6) is 11.5 Å². The van der Waals surface area contributed by atoms with Crippen LogP contribution < -0.4 is 9.64 Å². The minimum atomic E-state index is -1.30. The maximum absolute atomic E-state index is 10.0. The molecule has 48 heavy (non-hydrogen) atoms. The molecule has 1 heterocycles. The number of ether oxygens (including phenoxy) is 1. The Kier molecular flexibility index (Phi) is 2.59. The van der Waals surface area contributed by atoms with Gasteiger partial charge in [0.2, 0.25) is 0 Å². The van der Waals surface area contributed by atoms with E-state index >= 15 is 0 Å². The second-order valence-corrected chi connectivity index (χ2v) is 9.77. The molecular formula is C46H31NO. The number of hydrogen-bond acceptors (Lipinski definition) is 2. The fourth-order valence-corrected chi connectivity index (χ4v) is 4.87. The van der Waals surface area contributed by atoms with Gasteiger partial charge in [0.25, 0.3) is 0 Å². The molecule has 0 saturated heterocycles. The van der Waals surface area contributed by atoms with Gasteiger partial charge >= 0.3 is 0 Å². The lowest BCUT2D eigenvalue weighted by Crippen LogP contribution is -2.10. The van der Waals surface area contributed by atoms with Crippen molar-refractivity contribution in [3.8, 4) is 56.0 Å². The van der Waals surface area contributed by atoms with Crippen molar-refractivity contribution in [2.45, 2.75) is 0 Å². The standard InChI is InChI=1S/C46H31NO/c1-3-11-32(12-4-1)34-19-24-37(25-20-34)47(38-26-21-35(22-27-38)33-13-5-2-6-14-33)39-28-30-43-41-17-9-10-18-42(41)44-29-23-36-15-7-8-16-40(36)46(44)48-45(43)31-39/h1-31H/i1D,2D,3D,4D,5D,6D,7D,8D,9D,10D,11D,12D,13D,14D,15D,16D,17D,18D,19D,20D,21D,22D,23D,24D,25D,26D,27D,28D,29D,30D,31D. The molecule has 0 atom stereocenters. The molecule has 0 bridgehead atoms. The molecule has 0 aliphatic carbocycles. The van der Waals surface area contributed by atoms with Crippen LogP contribution in [0.3, 0.4) is 0 Å². The Hall–Kier alpha value is -6.38. The highest BCUT2D eigenvalue weighted by Crippen LogP contribution is 2.51. The average molecular weight is 645 g/mol. The van der Waals surface area contributed by atoms with Gasteiger partial charge in [-0.1, -0.05) is 139 Å². The predicted octanol–water partition coefficient (Wildman–Crippen LogP) is 13.1. The zero-order chi connectivity index (χ0) is 58.8. The molecule has 0 spiro atoms. The lowest BCUT2D eigenvalue weighted by atomic mass is 9.93. The molecule has 0 fully saturated rings. The molecule has 0 amide bonds. The Morgan fingerprint density at radius 3 is 1.48 bits per heavy atom. The second-order valence-electron chi connectivity index (χ2n) is 9.77. The van der Waals surface area contributed by atoms with E-state index in [1.165, 1.54) is 0 Å². The van der Waals surface area contributed by atoms with Crippen LogP contribution in [0, 0.1) is 0 Å². The second kappa shape index (κ2) is 11.8. The molecule has 1 aliphatic rings. The average Bonchev–Trinajstić information content (AvgIpc) is 3.87. The highest BCUT2D eigenvalue weighted by Gasteiger charge is 2.24. The van der Waals surface area contributed by atoms with Crippen LogP contribution in [0.25, 0.3) is 55.3 Å². The molecule has 2 nitrogen and oxygen atoms in total. The smallest absolute Gasteiger partial charge is 0.143 e. The third-order valence-electron chi connectivity index (χ3n) is 7.01. The van der Waals surface area contributed by atoms with Crippen LogP contribution in [0.2, 0.25) is 0 Å². The zero-order valence-corrected chi connectivity index (χ0v) is 23.9. The van der Waals surface area contributed by atoms with Gasteiger partial charge in [-0.15, -0.1) is 0 Å². The van der Waals surface area contributed by atoms with Crippen LogP contribution in [0.1, 0.15) is 42.5 Å². The quantitative estimate of drug-likeness (QED) is 0.185. The van der Waals surface area contributed by atoms with Crippen LogP contribution in [0.15, 0.2) is 187 Å². The Balaban J connectivity index is 1.52. The number of hydrogen-bond donors (Lipinski definition) is 0. The highest BCUT2D eigenvalue weighted by atomic mass is 16.5. The Bertz CT molecular complexity index is 3940. The number of anilines is 3. The molecule has 0 radical (unpaired) electrons. The largest absolute Gasteiger partial charge is 0.455 e. The summed E-state index contributed by atoms with van der Waals surface area (Å²) >= 11 is 0. The first kappa shape index (κ1) is 10.6. The van der Waals surface area contributed by atoms with Crippen molar-refractivity contribution in [1.82, 2.24) is 0 Å². The van der Waals surface area contributed by atoms with Crippen molar-refractivity contribution in [1.29, 1.82) is 0 Å². The first-order valence-corrected chi connectivity index (χ1v) is 13.8. The molecule has 0 N–H and O–H groups in total. The van der Waals surface area contributed by atoms with Gasteiger partial charge in [-0.2, -0.15) is 0 Å². The summed E-state index contributed by atoms with van der Waals surface area (Å²) in [5.74, 6) is -1.94. The van der Waals surface area contributed by atoms with Crippen LogP contribution in [-0.4, -0.2) is 0 Å². The van der Waals surface area contributed by atoms with E-state index in [9.17, 15) is 17.8 Å². The molecule has 2 heteroatoms. The monoisotopic (exact) mass is 644 g/mol. The summed E-state index contributed by atoms with van der Waals surface area (Å²) in [6, 6.07) is -32.9. The van der Waals surface area contributed by atoms with E-state index in [0.717, 1.165) is 0 Å². The Morgan fingerprint density at radius 1 is 0.375 bits per heavy atom. The van der Waals surface area contributed by atoms with Crippen molar-refractivity contribution in [2.24, 2.45) is 0 Å². The first-order chi connectivity index (χ1) is 36.7. The van der Waals surface area contributed by atoms with E-state index in [1.807, 2.05) is 0 Å². The van der Waals surface area contributed by atoms with Gasteiger partial charge < -0.3 is 9.64 Å². The zero-order valence-electron chi connectivity index (χ0n) is 54.9. The van der Waals surface area contributed by atoms with Crippen molar-refractivity contribution in [3.05, 3.63) is 187 Å². The molecule has 1 aliphatic heterocycles. The molecule has 0 saturated carbocycles. The fourth-order valence-electron chi connectivity index (χ4n) is 4.87. The van der Waals surface area contributed by atoms with Crippen LogP contribution >= 0.6 is 0 Å². The third kappa shape index (κ3) is 4.92. The molecule has 8 aromatic rings. The van der Waals surface area contributed by atoms with E-state index in [4.69, 9.17) is 29.4 Å². The van der Waals surface area contributed by atoms with E-state index in [-0.39, 0.29) is 4.90 Å². The predicted molar refractivity (Wildman–Crippen MR) is 200 cm³/mol. The third-order valence-corrected chi connectivity index (χ3v) is 7.01. The van der Waals surface area contributed by atoms with E-state index in [2.05, 4.69) is 0 Å². The number of rotatable bonds is 5. The van der Waals surface area contributed by atoms with Gasteiger partial charge in [-0.25, -0.2) is 0 Å². The summed E-state index contributed by atoms with van der Waals surface area (Å²) in [5.41, 5.74) is -10.2. The lowest BCUT2D eigenvalue weighted by molar-refractivity contribution is 0.493. The minimum Gasteiger partial charge on any atom is -0.455 e. The van der Waals surface area contributed by atoms with Gasteiger partial charge in [-0.3, -0.25) is 0 Å². The van der Waals surface area contributed by atoms with Gasteiger partial charge in [0.15, 0.2) is 0 Å². The van der Waals surface area contributed by atoms with Crippen molar-refractivity contribution in [3.63, 3.8) is 0 Å². The highest BCUT2D eigenvalue weighted by molar-refractivity contribution is 6.00. The Labute approximate surface area is 324 Å². The summed E-state index contributed by atoms with van der Waals surface area (Å²) in [6.07, 6.45) is 0. The lowest BCUT2D eigenvalue weighted by Gasteiger charge is -2.27. The topological polar surface area (TPSA) is 12.5 Å². The van der Waals surface area contributed by atoms with Gasteiger partial charge in [-0.05, 0) is 81.1 Å². The summed E-state index contributed by atoms with van der Waals surface area (Å²) < 4.78 is 283. The molecule has 9 rings (SSSR count). The molecule has 8 aromatic carbocycles. The van der Waals surface area contributed by atoms with Crippen molar-refractivity contribution < 1.29 is 47.2 Å². The number of benzene rings is 8. The van der Waals surface area contributed by atoms with E-state index in [0.29, 0.717) is 0 Å². The number of nitrogens with zero attached hydrogens (tertiary/aromatic N) is 1.